The van der Waals surface area contributed by atoms with Crippen LogP contribution in [-0.4, -0.2) is 34.8 Å². The Balaban J connectivity index is 0.000000572. The first-order chi connectivity index (χ1) is 16.8. The van der Waals surface area contributed by atoms with Crippen molar-refractivity contribution in [2.75, 3.05) is 5.75 Å². The highest BCUT2D eigenvalue weighted by atomic mass is 35.5. The highest BCUT2D eigenvalue weighted by Gasteiger charge is 2.28. The summed E-state index contributed by atoms with van der Waals surface area (Å²) in [4.78, 5) is 25.7. The molecular formula is C24H22Cl2F3N2O3S2-. The largest absolute Gasteiger partial charge is 0.542 e. The van der Waals surface area contributed by atoms with Crippen LogP contribution in [0.15, 0.2) is 58.3 Å². The number of halogens is 5. The van der Waals surface area contributed by atoms with E-state index < -0.39 is 12.1 Å². The first-order valence-corrected chi connectivity index (χ1v) is 13.1. The van der Waals surface area contributed by atoms with E-state index in [9.17, 15) is 18.0 Å². The van der Waals surface area contributed by atoms with Crippen LogP contribution in [0.3, 0.4) is 0 Å². The number of thiazole rings is 1. The van der Waals surface area contributed by atoms with Crippen molar-refractivity contribution in [2.45, 2.75) is 42.7 Å². The van der Waals surface area contributed by atoms with Gasteiger partial charge in [0.2, 0.25) is 5.91 Å². The monoisotopic (exact) mass is 577 g/mol. The SMILES string of the molecule is Cc1csc(SCC(=O)N[C@H](C)[C@H](Cc2ccc(Cl)cc2)c2ccc(Cl)cc2)n1.O=C([O-])C(F)(F)F. The number of aromatic nitrogens is 1. The van der Waals surface area contributed by atoms with Crippen molar-refractivity contribution in [1.82, 2.24) is 10.3 Å². The molecule has 0 saturated carbocycles. The van der Waals surface area contributed by atoms with Crippen LogP contribution in [-0.2, 0) is 16.0 Å². The molecule has 1 amide bonds. The lowest BCUT2D eigenvalue weighted by molar-refractivity contribution is -0.344. The lowest BCUT2D eigenvalue weighted by Crippen LogP contribution is -2.38. The van der Waals surface area contributed by atoms with E-state index in [0.29, 0.717) is 15.8 Å². The van der Waals surface area contributed by atoms with Gasteiger partial charge in [0, 0.05) is 33.1 Å². The summed E-state index contributed by atoms with van der Waals surface area (Å²) in [5, 5.41) is 15.4. The number of carboxylic acid groups (broad SMARTS) is 1. The topological polar surface area (TPSA) is 82.1 Å². The van der Waals surface area contributed by atoms with Gasteiger partial charge in [0.1, 0.15) is 5.97 Å². The standard InChI is InChI=1S/C22H22Cl2N2OS2.C2HF3O2/c1-14-12-28-22(25-14)29-13-21(27)26-15(2)20(17-5-9-19(24)10-6-17)11-16-3-7-18(23)8-4-16;3-2(4,5)1(6)7/h3-10,12,15,20H,11,13H2,1-2H3,(H,26,27);(H,6,7)/p-1/t15-,20+;/m1./s1. The molecule has 3 rings (SSSR count). The van der Waals surface area contributed by atoms with E-state index in [4.69, 9.17) is 33.1 Å². The van der Waals surface area contributed by atoms with Crippen LogP contribution in [0.4, 0.5) is 13.2 Å². The van der Waals surface area contributed by atoms with Crippen LogP contribution in [0, 0.1) is 6.92 Å². The van der Waals surface area contributed by atoms with Crippen molar-refractivity contribution in [3.8, 4) is 0 Å². The third-order valence-electron chi connectivity index (χ3n) is 4.82. The summed E-state index contributed by atoms with van der Waals surface area (Å²) in [6.45, 7) is 4.00. The molecule has 2 atom stereocenters. The molecule has 12 heteroatoms. The Bertz CT molecular complexity index is 1140. The molecule has 1 heterocycles. The van der Waals surface area contributed by atoms with Gasteiger partial charge in [-0.3, -0.25) is 4.79 Å². The second kappa shape index (κ2) is 13.9. The van der Waals surface area contributed by atoms with Gasteiger partial charge in [0.25, 0.3) is 0 Å². The maximum absolute atomic E-state index is 12.5. The predicted molar refractivity (Wildman–Crippen MR) is 136 cm³/mol. The first kappa shape index (κ1) is 30.0. The summed E-state index contributed by atoms with van der Waals surface area (Å²) >= 11 is 15.1. The number of aliphatic carboxylic acids is 1. The zero-order valence-electron chi connectivity index (χ0n) is 19.1. The molecule has 0 unspecified atom stereocenters. The molecule has 0 spiro atoms. The van der Waals surface area contributed by atoms with Crippen LogP contribution in [0.2, 0.25) is 10.0 Å². The molecule has 2 aromatic carbocycles. The van der Waals surface area contributed by atoms with Crippen molar-refractivity contribution < 1.29 is 27.9 Å². The van der Waals surface area contributed by atoms with Crippen LogP contribution < -0.4 is 10.4 Å². The Kier molecular flexibility index (Phi) is 11.5. The fourth-order valence-corrected chi connectivity index (χ4v) is 5.00. The Hall–Kier alpha value is -2.27. The molecule has 0 aliphatic rings. The van der Waals surface area contributed by atoms with E-state index in [1.165, 1.54) is 17.3 Å². The maximum Gasteiger partial charge on any atom is 0.430 e. The average Bonchev–Trinajstić information content (AvgIpc) is 3.23. The summed E-state index contributed by atoms with van der Waals surface area (Å²) in [6.07, 6.45) is -4.40. The van der Waals surface area contributed by atoms with E-state index >= 15 is 0 Å². The number of alkyl halides is 3. The van der Waals surface area contributed by atoms with Gasteiger partial charge < -0.3 is 15.2 Å². The van der Waals surface area contributed by atoms with E-state index in [-0.39, 0.29) is 17.9 Å². The van der Waals surface area contributed by atoms with Crippen molar-refractivity contribution >= 4 is 58.2 Å². The minimum atomic E-state index is -5.19. The van der Waals surface area contributed by atoms with Crippen molar-refractivity contribution in [3.05, 3.63) is 80.8 Å². The molecule has 194 valence electrons. The molecular weight excluding hydrogens is 556 g/mol. The van der Waals surface area contributed by atoms with E-state index in [1.807, 2.05) is 67.8 Å². The number of benzene rings is 2. The van der Waals surface area contributed by atoms with E-state index in [1.54, 1.807) is 11.3 Å². The van der Waals surface area contributed by atoms with Crippen molar-refractivity contribution in [1.29, 1.82) is 0 Å². The molecule has 0 aliphatic carbocycles. The molecule has 0 radical (unpaired) electrons. The molecule has 0 bridgehead atoms. The van der Waals surface area contributed by atoms with Gasteiger partial charge in [-0.15, -0.1) is 11.3 Å². The molecule has 0 fully saturated rings. The number of hydrogen-bond donors (Lipinski definition) is 1. The lowest BCUT2D eigenvalue weighted by atomic mass is 9.86. The number of nitrogens with zero attached hydrogens (tertiary/aromatic N) is 1. The third kappa shape index (κ3) is 10.4. The second-order valence-electron chi connectivity index (χ2n) is 7.67. The van der Waals surface area contributed by atoms with Gasteiger partial charge in [-0.05, 0) is 55.7 Å². The van der Waals surface area contributed by atoms with Gasteiger partial charge in [0.05, 0.1) is 5.75 Å². The van der Waals surface area contributed by atoms with E-state index in [0.717, 1.165) is 22.0 Å². The fourth-order valence-electron chi connectivity index (χ4n) is 3.09. The molecule has 5 nitrogen and oxygen atoms in total. The van der Waals surface area contributed by atoms with Crippen LogP contribution in [0.5, 0.6) is 0 Å². The average molecular weight is 578 g/mol. The molecule has 36 heavy (non-hydrogen) atoms. The molecule has 3 aromatic rings. The summed E-state index contributed by atoms with van der Waals surface area (Å²) in [5.74, 6) is -2.53. The van der Waals surface area contributed by atoms with Gasteiger partial charge in [-0.2, -0.15) is 13.2 Å². The molecule has 0 saturated heterocycles. The normalized spacial score (nSPS) is 12.8. The molecule has 1 aromatic heterocycles. The number of amides is 1. The van der Waals surface area contributed by atoms with Gasteiger partial charge >= 0.3 is 6.18 Å². The minimum absolute atomic E-state index is 0.00502. The number of carbonyl (C=O) groups is 2. The zero-order chi connectivity index (χ0) is 26.9. The van der Waals surface area contributed by atoms with Gasteiger partial charge in [-0.1, -0.05) is 59.2 Å². The second-order valence-corrected chi connectivity index (χ2v) is 10.6. The maximum atomic E-state index is 12.5. The number of nitrogens with one attached hydrogen (secondary N) is 1. The number of thioether (sulfide) groups is 1. The Morgan fingerprint density at radius 3 is 2.08 bits per heavy atom. The minimum Gasteiger partial charge on any atom is -0.542 e. The van der Waals surface area contributed by atoms with Crippen molar-refractivity contribution in [2.24, 2.45) is 0 Å². The lowest BCUT2D eigenvalue weighted by Gasteiger charge is -2.26. The molecule has 0 aliphatic heterocycles. The highest BCUT2D eigenvalue weighted by Crippen LogP contribution is 2.27. The summed E-state index contributed by atoms with van der Waals surface area (Å²) < 4.78 is 32.5. The third-order valence-corrected chi connectivity index (χ3v) is 7.46. The van der Waals surface area contributed by atoms with Gasteiger partial charge in [-0.25, -0.2) is 4.98 Å². The van der Waals surface area contributed by atoms with E-state index in [2.05, 4.69) is 10.3 Å². The Morgan fingerprint density at radius 2 is 1.61 bits per heavy atom. The van der Waals surface area contributed by atoms with Crippen molar-refractivity contribution in [3.63, 3.8) is 0 Å². The smallest absolute Gasteiger partial charge is 0.430 e. The summed E-state index contributed by atoms with van der Waals surface area (Å²) in [7, 11) is 0. The fraction of sp³-hybridized carbons (Fsp3) is 0.292. The molecule has 1 N–H and O–H groups in total. The van der Waals surface area contributed by atoms with Gasteiger partial charge in [0.15, 0.2) is 4.34 Å². The van der Waals surface area contributed by atoms with Crippen LogP contribution in [0.1, 0.15) is 29.7 Å². The zero-order valence-corrected chi connectivity index (χ0v) is 22.3. The number of aryl methyl sites for hydroxylation is 1. The summed E-state index contributed by atoms with van der Waals surface area (Å²) in [6, 6.07) is 15.6. The number of hydrogen-bond acceptors (Lipinski definition) is 6. The highest BCUT2D eigenvalue weighted by molar-refractivity contribution is 8.01. The quantitative estimate of drug-likeness (QED) is 0.348. The number of carbonyl (C=O) groups excluding carboxylic acids is 2. The Labute approximate surface area is 225 Å². The first-order valence-electron chi connectivity index (χ1n) is 10.5. The Morgan fingerprint density at radius 1 is 1.08 bits per heavy atom. The van der Waals surface area contributed by atoms with Crippen LogP contribution in [0.25, 0.3) is 0 Å². The summed E-state index contributed by atoms with van der Waals surface area (Å²) in [5.41, 5.74) is 3.29. The number of carboxylic acids is 1. The predicted octanol–water partition coefficient (Wildman–Crippen LogP) is 5.68. The van der Waals surface area contributed by atoms with Crippen LogP contribution >= 0.6 is 46.3 Å². The number of rotatable bonds is 8.